The molecule has 0 aliphatic carbocycles. The van der Waals surface area contributed by atoms with Crippen molar-refractivity contribution in [3.63, 3.8) is 0 Å². The number of carbonyl (C=O) groups is 1. The van der Waals surface area contributed by atoms with E-state index in [0.717, 1.165) is 18.7 Å². The number of hydrogen-bond donors (Lipinski definition) is 6. The largest absolute Gasteiger partial charge is 0.455 e. The summed E-state index contributed by atoms with van der Waals surface area (Å²) in [5.74, 6) is 1.75. The van der Waals surface area contributed by atoms with Crippen molar-refractivity contribution in [3.05, 3.63) is 42.4 Å². The normalized spacial score (nSPS) is 15.5. The average Bonchev–Trinajstić information content (AvgIpc) is 3.32. The van der Waals surface area contributed by atoms with Gasteiger partial charge in [-0.05, 0) is 30.8 Å². The van der Waals surface area contributed by atoms with Crippen LogP contribution in [-0.4, -0.2) is 53.1 Å². The summed E-state index contributed by atoms with van der Waals surface area (Å²) in [4.78, 5) is 19.8. The summed E-state index contributed by atoms with van der Waals surface area (Å²) in [7, 11) is 1.75. The lowest BCUT2D eigenvalue weighted by atomic mass is 9.90. The quantitative estimate of drug-likeness (QED) is 0.170. The van der Waals surface area contributed by atoms with Gasteiger partial charge in [0.15, 0.2) is 10.9 Å². The number of anilines is 3. The molecule has 1 atom stereocenters. The number of nitrogens with zero attached hydrogens (tertiary/aromatic N) is 2. The second-order valence-corrected chi connectivity index (χ2v) is 9.89. The molecule has 12 heteroatoms. The number of nitrogens with one attached hydrogen (secondary N) is 6. The van der Waals surface area contributed by atoms with Crippen LogP contribution in [0.4, 0.5) is 17.3 Å². The van der Waals surface area contributed by atoms with Crippen molar-refractivity contribution in [2.24, 2.45) is 5.41 Å². The highest BCUT2D eigenvalue weighted by molar-refractivity contribution is 7.80. The van der Waals surface area contributed by atoms with E-state index in [1.54, 1.807) is 43.7 Å². The standard InChI is InChI=1S/C25H34N8O3S/c1-15(34)30-22-11-17(6-8-28-22)36-18-10-19(27-5)23(29-13-18)33-24(37)32-21(26)12-20(25(2,3)4)31-16-7-9-35-14-16/h6,8,10-13,16,27,31H,7,9,14H2,1-5H3,(H,28,30,34)(H3,26,29,32,33,37)/b20-12-/t16-/m0/s1. The van der Waals surface area contributed by atoms with Crippen molar-refractivity contribution in [3.8, 4) is 11.5 Å². The van der Waals surface area contributed by atoms with Gasteiger partial charge in [-0.2, -0.15) is 0 Å². The van der Waals surface area contributed by atoms with E-state index < -0.39 is 0 Å². The fourth-order valence-corrected chi connectivity index (χ4v) is 3.64. The Morgan fingerprint density at radius 1 is 1.24 bits per heavy atom. The predicted molar refractivity (Wildman–Crippen MR) is 149 cm³/mol. The highest BCUT2D eigenvalue weighted by Gasteiger charge is 2.23. The molecule has 3 heterocycles. The average molecular weight is 527 g/mol. The zero-order chi connectivity index (χ0) is 27.0. The van der Waals surface area contributed by atoms with Gasteiger partial charge < -0.3 is 36.1 Å². The molecule has 6 N–H and O–H groups in total. The Hall–Kier alpha value is -3.77. The number of allylic oxidation sites excluding steroid dienone is 1. The van der Waals surface area contributed by atoms with Gasteiger partial charge in [-0.3, -0.25) is 10.2 Å². The van der Waals surface area contributed by atoms with Crippen LogP contribution in [0.2, 0.25) is 0 Å². The van der Waals surface area contributed by atoms with E-state index in [9.17, 15) is 4.79 Å². The molecule has 198 valence electrons. The SMILES string of the molecule is CNc1cc(Oc2ccnc(NC(C)=O)c2)cnc1NC(=S)NC(=N)/C=C(\N[C@H]1CCOC1)C(C)(C)C. The molecule has 1 amide bonds. The van der Waals surface area contributed by atoms with E-state index in [1.807, 2.05) is 0 Å². The molecule has 37 heavy (non-hydrogen) atoms. The van der Waals surface area contributed by atoms with Crippen LogP contribution in [0.15, 0.2) is 42.4 Å². The van der Waals surface area contributed by atoms with Crippen LogP contribution in [0.25, 0.3) is 0 Å². The minimum atomic E-state index is -0.221. The third kappa shape index (κ3) is 8.69. The van der Waals surface area contributed by atoms with Crippen molar-refractivity contribution in [1.29, 1.82) is 5.41 Å². The number of rotatable bonds is 8. The molecule has 1 aliphatic heterocycles. The summed E-state index contributed by atoms with van der Waals surface area (Å²) >= 11 is 5.42. The highest BCUT2D eigenvalue weighted by atomic mass is 32.1. The Balaban J connectivity index is 1.64. The minimum Gasteiger partial charge on any atom is -0.455 e. The molecule has 0 aromatic carbocycles. The van der Waals surface area contributed by atoms with Gasteiger partial charge in [0.1, 0.15) is 23.2 Å². The molecule has 1 fully saturated rings. The molecule has 0 spiro atoms. The number of pyridine rings is 2. The molecule has 11 nitrogen and oxygen atoms in total. The molecule has 2 aromatic heterocycles. The van der Waals surface area contributed by atoms with Gasteiger partial charge in [-0.15, -0.1) is 0 Å². The summed E-state index contributed by atoms with van der Waals surface area (Å²) < 4.78 is 11.3. The zero-order valence-electron chi connectivity index (χ0n) is 21.7. The Morgan fingerprint density at radius 2 is 2.03 bits per heavy atom. The van der Waals surface area contributed by atoms with Crippen LogP contribution in [0.3, 0.4) is 0 Å². The van der Waals surface area contributed by atoms with Crippen LogP contribution in [0, 0.1) is 10.8 Å². The molecule has 0 radical (unpaired) electrons. The van der Waals surface area contributed by atoms with Crippen molar-refractivity contribution in [2.45, 2.75) is 40.2 Å². The smallest absolute Gasteiger partial charge is 0.222 e. The molecular weight excluding hydrogens is 492 g/mol. The van der Waals surface area contributed by atoms with Gasteiger partial charge in [-0.1, -0.05) is 20.8 Å². The fourth-order valence-electron chi connectivity index (χ4n) is 3.44. The summed E-state index contributed by atoms with van der Waals surface area (Å²) in [6, 6.07) is 5.28. The van der Waals surface area contributed by atoms with Crippen LogP contribution in [-0.2, 0) is 9.53 Å². The highest BCUT2D eigenvalue weighted by Crippen LogP contribution is 2.28. The Morgan fingerprint density at radius 3 is 2.68 bits per heavy atom. The minimum absolute atomic E-state index is 0.146. The van der Waals surface area contributed by atoms with E-state index >= 15 is 0 Å². The van der Waals surface area contributed by atoms with Crippen molar-refractivity contribution >= 4 is 46.4 Å². The number of amides is 1. The Bertz CT molecular complexity index is 1170. The number of aromatic nitrogens is 2. The second kappa shape index (κ2) is 12.5. The summed E-state index contributed by atoms with van der Waals surface area (Å²) in [6.07, 6.45) is 5.77. The van der Waals surface area contributed by atoms with Crippen LogP contribution < -0.4 is 31.3 Å². The summed E-state index contributed by atoms with van der Waals surface area (Å²) in [6.45, 7) is 9.07. The summed E-state index contributed by atoms with van der Waals surface area (Å²) in [5.41, 5.74) is 1.38. The van der Waals surface area contributed by atoms with Gasteiger partial charge in [0.2, 0.25) is 5.91 Å². The third-order valence-corrected chi connectivity index (χ3v) is 5.47. The van der Waals surface area contributed by atoms with Crippen molar-refractivity contribution in [2.75, 3.05) is 36.2 Å². The molecule has 1 saturated heterocycles. The first-order valence-corrected chi connectivity index (χ1v) is 12.3. The predicted octanol–water partition coefficient (Wildman–Crippen LogP) is 3.84. The van der Waals surface area contributed by atoms with Crippen LogP contribution in [0.5, 0.6) is 11.5 Å². The van der Waals surface area contributed by atoms with E-state index in [4.69, 9.17) is 27.1 Å². The first kappa shape index (κ1) is 27.8. The van der Waals surface area contributed by atoms with Gasteiger partial charge in [0.05, 0.1) is 24.5 Å². The maximum atomic E-state index is 11.3. The van der Waals surface area contributed by atoms with Gasteiger partial charge in [0, 0.05) is 50.0 Å². The fraction of sp³-hybridized carbons (Fsp3) is 0.400. The van der Waals surface area contributed by atoms with E-state index in [0.29, 0.717) is 35.4 Å². The first-order valence-electron chi connectivity index (χ1n) is 11.9. The maximum absolute atomic E-state index is 11.3. The Kier molecular flexibility index (Phi) is 9.36. The topological polar surface area (TPSA) is 145 Å². The molecule has 0 unspecified atom stereocenters. The molecule has 2 aromatic rings. The van der Waals surface area contributed by atoms with Gasteiger partial charge in [0.25, 0.3) is 0 Å². The lowest BCUT2D eigenvalue weighted by molar-refractivity contribution is -0.114. The molecule has 3 rings (SSSR count). The number of carbonyl (C=O) groups excluding carboxylic acids is 1. The van der Waals surface area contributed by atoms with Crippen LogP contribution in [0.1, 0.15) is 34.1 Å². The molecule has 0 saturated carbocycles. The van der Waals surface area contributed by atoms with Gasteiger partial charge >= 0.3 is 0 Å². The number of ether oxygens (including phenoxy) is 2. The first-order chi connectivity index (χ1) is 17.5. The third-order valence-electron chi connectivity index (χ3n) is 5.27. The lowest BCUT2D eigenvalue weighted by Gasteiger charge is -2.27. The number of thiocarbonyl (C=S) groups is 1. The Labute approximate surface area is 222 Å². The van der Waals surface area contributed by atoms with E-state index in [1.165, 1.54) is 6.92 Å². The second-order valence-electron chi connectivity index (χ2n) is 9.48. The summed E-state index contributed by atoms with van der Waals surface area (Å²) in [5, 5.41) is 23.7. The van der Waals surface area contributed by atoms with Crippen LogP contribution >= 0.6 is 12.2 Å². The van der Waals surface area contributed by atoms with E-state index in [-0.39, 0.29) is 28.3 Å². The van der Waals surface area contributed by atoms with Crippen molar-refractivity contribution in [1.82, 2.24) is 20.6 Å². The van der Waals surface area contributed by atoms with E-state index in [2.05, 4.69) is 57.3 Å². The number of amidine groups is 1. The lowest BCUT2D eigenvalue weighted by Crippen LogP contribution is -2.37. The molecule has 0 bridgehead atoms. The molecular formula is C25H34N8O3S. The monoisotopic (exact) mass is 526 g/mol. The van der Waals surface area contributed by atoms with Gasteiger partial charge in [-0.25, -0.2) is 9.97 Å². The molecule has 1 aliphatic rings. The number of hydrogen-bond acceptors (Lipinski definition) is 9. The van der Waals surface area contributed by atoms with Crippen molar-refractivity contribution < 1.29 is 14.3 Å². The maximum Gasteiger partial charge on any atom is 0.222 e. The zero-order valence-corrected chi connectivity index (χ0v) is 22.5.